The summed E-state index contributed by atoms with van der Waals surface area (Å²) >= 11 is 6.11. The Balaban J connectivity index is 1.69. The van der Waals surface area contributed by atoms with Crippen LogP contribution in [-0.2, 0) is 26.6 Å². The van der Waals surface area contributed by atoms with Crippen LogP contribution in [0.1, 0.15) is 25.0 Å². The maximum Gasteiger partial charge on any atom is 0.332 e. The van der Waals surface area contributed by atoms with Crippen molar-refractivity contribution in [2.24, 2.45) is 13.0 Å². The van der Waals surface area contributed by atoms with Gasteiger partial charge in [-0.1, -0.05) is 49.7 Å². The molecule has 2 aromatic heterocycles. The maximum atomic E-state index is 13.6. The molecule has 170 valence electrons. The molecule has 33 heavy (non-hydrogen) atoms. The van der Waals surface area contributed by atoms with Gasteiger partial charge < -0.3 is 9.47 Å². The topological polar surface area (TPSA) is 65.1 Å². The molecule has 0 radical (unpaired) electrons. The van der Waals surface area contributed by atoms with Crippen molar-refractivity contribution in [3.8, 4) is 0 Å². The Kier molecular flexibility index (Phi) is 5.37. The van der Waals surface area contributed by atoms with Crippen molar-refractivity contribution in [1.29, 1.82) is 0 Å². The smallest absolute Gasteiger partial charge is 0.312 e. The van der Waals surface area contributed by atoms with Crippen LogP contribution in [-0.4, -0.2) is 25.2 Å². The van der Waals surface area contributed by atoms with Crippen molar-refractivity contribution >= 4 is 34.4 Å². The molecule has 8 heteroatoms. The van der Waals surface area contributed by atoms with E-state index in [4.69, 9.17) is 16.6 Å². The van der Waals surface area contributed by atoms with Crippen LogP contribution < -0.4 is 16.1 Å². The number of anilines is 2. The van der Waals surface area contributed by atoms with Crippen molar-refractivity contribution in [3.63, 3.8) is 0 Å². The van der Waals surface area contributed by atoms with Crippen LogP contribution >= 0.6 is 11.6 Å². The minimum atomic E-state index is -0.394. The number of aromatic nitrogens is 4. The van der Waals surface area contributed by atoms with Gasteiger partial charge in [0.05, 0.1) is 6.54 Å². The first-order valence-electron chi connectivity index (χ1n) is 11.2. The van der Waals surface area contributed by atoms with Crippen molar-refractivity contribution in [2.75, 3.05) is 11.4 Å². The normalized spacial score (nSPS) is 15.8. The second-order valence-electron chi connectivity index (χ2n) is 8.79. The molecule has 0 saturated heterocycles. The van der Waals surface area contributed by atoms with Crippen LogP contribution in [0.15, 0.2) is 58.1 Å². The summed E-state index contributed by atoms with van der Waals surface area (Å²) < 4.78 is 4.70. The molecule has 1 atom stereocenters. The molecule has 0 aliphatic carbocycles. The number of hydrogen-bond donors (Lipinski definition) is 0. The van der Waals surface area contributed by atoms with Gasteiger partial charge in [0, 0.05) is 30.8 Å². The number of imidazole rings is 1. The first-order valence-corrected chi connectivity index (χ1v) is 11.6. The average molecular weight is 464 g/mol. The molecule has 2 aromatic carbocycles. The molecule has 7 nitrogen and oxygen atoms in total. The Bertz CT molecular complexity index is 1470. The van der Waals surface area contributed by atoms with E-state index >= 15 is 0 Å². The molecule has 0 unspecified atom stereocenters. The Hall–Kier alpha value is -3.32. The number of hydrogen-bond acceptors (Lipinski definition) is 4. The highest BCUT2D eigenvalue weighted by Gasteiger charge is 2.29. The van der Waals surface area contributed by atoms with Gasteiger partial charge in [0.15, 0.2) is 11.2 Å². The molecule has 0 amide bonds. The lowest BCUT2D eigenvalue weighted by Crippen LogP contribution is -2.40. The number of halogens is 1. The van der Waals surface area contributed by atoms with Crippen LogP contribution in [0.4, 0.5) is 11.6 Å². The Morgan fingerprint density at radius 2 is 1.82 bits per heavy atom. The van der Waals surface area contributed by atoms with Crippen molar-refractivity contribution in [3.05, 3.63) is 85.5 Å². The highest BCUT2D eigenvalue weighted by Crippen LogP contribution is 2.33. The summed E-state index contributed by atoms with van der Waals surface area (Å²) in [5, 5.41) is 0.568. The molecule has 0 saturated carbocycles. The summed E-state index contributed by atoms with van der Waals surface area (Å²) in [4.78, 5) is 33.6. The second kappa shape index (κ2) is 8.23. The summed E-state index contributed by atoms with van der Waals surface area (Å²) in [5.74, 6) is 0.999. The van der Waals surface area contributed by atoms with E-state index in [2.05, 4.69) is 43.0 Å². The summed E-state index contributed by atoms with van der Waals surface area (Å²) in [6.07, 6.45) is 0.976. The van der Waals surface area contributed by atoms with Gasteiger partial charge in [-0.25, -0.2) is 4.79 Å². The third-order valence-corrected chi connectivity index (χ3v) is 6.56. The van der Waals surface area contributed by atoms with Gasteiger partial charge >= 0.3 is 5.69 Å². The van der Waals surface area contributed by atoms with Crippen LogP contribution in [0.2, 0.25) is 5.02 Å². The Morgan fingerprint density at radius 1 is 1.06 bits per heavy atom. The molecule has 0 fully saturated rings. The third kappa shape index (κ3) is 3.66. The highest BCUT2D eigenvalue weighted by atomic mass is 35.5. The fourth-order valence-electron chi connectivity index (χ4n) is 4.59. The maximum absolute atomic E-state index is 13.6. The third-order valence-electron chi connectivity index (χ3n) is 6.33. The quantitative estimate of drug-likeness (QED) is 0.459. The van der Waals surface area contributed by atoms with Gasteiger partial charge in [-0.2, -0.15) is 4.98 Å². The SMILES string of the molecule is CCc1ccc(N2C[C@H](C)Cn3c2nc2c3c(=O)n(Cc3cccc(Cl)c3)c(=O)n2C)cc1. The lowest BCUT2D eigenvalue weighted by atomic mass is 10.1. The van der Waals surface area contributed by atoms with Crippen molar-refractivity contribution in [1.82, 2.24) is 18.7 Å². The molecule has 0 spiro atoms. The number of benzene rings is 2. The van der Waals surface area contributed by atoms with E-state index in [-0.39, 0.29) is 12.1 Å². The van der Waals surface area contributed by atoms with E-state index in [1.807, 2.05) is 16.7 Å². The first-order chi connectivity index (χ1) is 15.9. The van der Waals surface area contributed by atoms with E-state index < -0.39 is 5.69 Å². The van der Waals surface area contributed by atoms with Crippen LogP contribution in [0.25, 0.3) is 11.2 Å². The standard InChI is InChI=1S/C25H26ClN5O2/c1-4-17-8-10-20(11-9-17)29-13-16(2)14-30-21-22(27-24(29)30)28(3)25(33)31(23(21)32)15-18-6-5-7-19(26)12-18/h5-12,16H,4,13-15H2,1-3H3/t16-/m0/s1. The number of rotatable bonds is 4. The molecule has 3 heterocycles. The molecular weight excluding hydrogens is 438 g/mol. The zero-order chi connectivity index (χ0) is 23.3. The van der Waals surface area contributed by atoms with E-state index in [9.17, 15) is 9.59 Å². The zero-order valence-electron chi connectivity index (χ0n) is 19.0. The van der Waals surface area contributed by atoms with Gasteiger partial charge in [-0.15, -0.1) is 0 Å². The molecule has 1 aliphatic rings. The van der Waals surface area contributed by atoms with Crippen LogP contribution in [0.5, 0.6) is 0 Å². The fourth-order valence-corrected chi connectivity index (χ4v) is 4.80. The van der Waals surface area contributed by atoms with Crippen molar-refractivity contribution < 1.29 is 0 Å². The van der Waals surface area contributed by atoms with Crippen LogP contribution in [0, 0.1) is 5.92 Å². The highest BCUT2D eigenvalue weighted by molar-refractivity contribution is 6.30. The summed E-state index contributed by atoms with van der Waals surface area (Å²) in [7, 11) is 1.67. The molecule has 5 rings (SSSR count). The molecular formula is C25H26ClN5O2. The minimum Gasteiger partial charge on any atom is -0.312 e. The first kappa shape index (κ1) is 21.5. The molecule has 4 aromatic rings. The second-order valence-corrected chi connectivity index (χ2v) is 9.23. The summed E-state index contributed by atoms with van der Waals surface area (Å²) in [5.41, 5.74) is 3.23. The lowest BCUT2D eigenvalue weighted by Gasteiger charge is -2.33. The Labute approximate surface area is 196 Å². The monoisotopic (exact) mass is 463 g/mol. The fraction of sp³-hybridized carbons (Fsp3) is 0.320. The summed E-state index contributed by atoms with van der Waals surface area (Å²) in [6, 6.07) is 15.6. The average Bonchev–Trinajstić information content (AvgIpc) is 3.19. The van der Waals surface area contributed by atoms with E-state index in [1.54, 1.807) is 19.2 Å². The molecule has 0 bridgehead atoms. The van der Waals surface area contributed by atoms with Gasteiger partial charge in [0.2, 0.25) is 5.95 Å². The van der Waals surface area contributed by atoms with Crippen molar-refractivity contribution in [2.45, 2.75) is 33.4 Å². The van der Waals surface area contributed by atoms with Gasteiger partial charge in [0.1, 0.15) is 0 Å². The number of aryl methyl sites for hydroxylation is 2. The van der Waals surface area contributed by atoms with Gasteiger partial charge in [-0.3, -0.25) is 13.9 Å². The summed E-state index contributed by atoms with van der Waals surface area (Å²) in [6.45, 7) is 5.90. The number of fused-ring (bicyclic) bond motifs is 3. The molecule has 1 aliphatic heterocycles. The molecule has 0 N–H and O–H groups in total. The Morgan fingerprint density at radius 3 is 2.52 bits per heavy atom. The minimum absolute atomic E-state index is 0.153. The lowest BCUT2D eigenvalue weighted by molar-refractivity contribution is 0.458. The van der Waals surface area contributed by atoms with Crippen LogP contribution in [0.3, 0.4) is 0 Å². The largest absolute Gasteiger partial charge is 0.332 e. The van der Waals surface area contributed by atoms with E-state index in [0.717, 1.165) is 24.2 Å². The van der Waals surface area contributed by atoms with E-state index in [0.29, 0.717) is 34.6 Å². The predicted molar refractivity (Wildman–Crippen MR) is 132 cm³/mol. The number of nitrogens with zero attached hydrogens (tertiary/aromatic N) is 5. The van der Waals surface area contributed by atoms with Gasteiger partial charge in [-0.05, 0) is 47.7 Å². The predicted octanol–water partition coefficient (Wildman–Crippen LogP) is 3.95. The van der Waals surface area contributed by atoms with E-state index in [1.165, 1.54) is 14.7 Å². The zero-order valence-corrected chi connectivity index (χ0v) is 19.7. The van der Waals surface area contributed by atoms with Gasteiger partial charge in [0.25, 0.3) is 5.56 Å².